The Bertz CT molecular complexity index is 1090. The molecule has 3 atom stereocenters. The van der Waals surface area contributed by atoms with Gasteiger partial charge in [-0.2, -0.15) is 13.2 Å². The molecule has 1 saturated heterocycles. The molecule has 2 aromatic rings. The summed E-state index contributed by atoms with van der Waals surface area (Å²) >= 11 is 0. The minimum Gasteiger partial charge on any atom is -0.393 e. The zero-order valence-corrected chi connectivity index (χ0v) is 19.0. The van der Waals surface area contributed by atoms with Gasteiger partial charge in [-0.05, 0) is 43.9 Å². The quantitative estimate of drug-likeness (QED) is 0.602. The number of amides is 1. The first kappa shape index (κ1) is 23.9. The van der Waals surface area contributed by atoms with Gasteiger partial charge in [-0.25, -0.2) is 15.0 Å². The highest BCUT2D eigenvalue weighted by Gasteiger charge is 2.47. The standard InChI is InChI=1S/C24H27F3N6O/c1-15-6-7-18(22-30-9-4-10-31-22)21(32-15)23(34)33-14-16-11-19(20(33)12-16)29-8-3-5-17(13-28-2)24(25,26)27/h3-7,9-10,13,16,19-20,28-29H,8,11-12,14H2,1-2H3/b5-3-,17-13+. The number of carbonyl (C=O) groups excluding carboxylic acids is 1. The van der Waals surface area contributed by atoms with Crippen molar-refractivity contribution in [1.82, 2.24) is 30.5 Å². The fourth-order valence-corrected chi connectivity index (χ4v) is 4.74. The zero-order valence-electron chi connectivity index (χ0n) is 19.0. The summed E-state index contributed by atoms with van der Waals surface area (Å²) < 4.78 is 39.0. The molecule has 1 aliphatic heterocycles. The van der Waals surface area contributed by atoms with Gasteiger partial charge in [0.1, 0.15) is 5.69 Å². The van der Waals surface area contributed by atoms with E-state index in [1.807, 2.05) is 24.0 Å². The first-order chi connectivity index (χ1) is 16.3. The number of nitrogens with one attached hydrogen (secondary N) is 2. The van der Waals surface area contributed by atoms with E-state index in [1.165, 1.54) is 13.1 Å². The molecule has 10 heteroatoms. The van der Waals surface area contributed by atoms with Crippen LogP contribution in [0.25, 0.3) is 11.4 Å². The molecule has 3 heterocycles. The Hall–Kier alpha value is -3.27. The number of hydrogen-bond donors (Lipinski definition) is 2. The van der Waals surface area contributed by atoms with Gasteiger partial charge in [0.05, 0.1) is 11.1 Å². The van der Waals surface area contributed by atoms with Crippen molar-refractivity contribution >= 4 is 5.91 Å². The smallest absolute Gasteiger partial charge is 0.393 e. The Kier molecular flexibility index (Phi) is 6.97. The molecule has 34 heavy (non-hydrogen) atoms. The molecule has 2 aliphatic rings. The lowest BCUT2D eigenvalue weighted by molar-refractivity contribution is -0.0885. The molecular weight excluding hydrogens is 445 g/mol. The van der Waals surface area contributed by atoms with Crippen LogP contribution in [0.15, 0.2) is 54.5 Å². The van der Waals surface area contributed by atoms with Crippen LogP contribution in [0.1, 0.15) is 29.0 Å². The van der Waals surface area contributed by atoms with E-state index in [-0.39, 0.29) is 24.5 Å². The number of pyridine rings is 1. The fourth-order valence-electron chi connectivity index (χ4n) is 4.74. The number of nitrogens with zero attached hydrogens (tertiary/aromatic N) is 4. The number of carbonyl (C=O) groups is 1. The van der Waals surface area contributed by atoms with Gasteiger partial charge in [0.2, 0.25) is 0 Å². The number of allylic oxidation sites excluding steroid dienone is 2. The molecule has 4 rings (SSSR count). The van der Waals surface area contributed by atoms with Crippen LogP contribution in [-0.2, 0) is 0 Å². The summed E-state index contributed by atoms with van der Waals surface area (Å²) in [5, 5.41) is 5.73. The lowest BCUT2D eigenvalue weighted by Crippen LogP contribution is -2.50. The Morgan fingerprint density at radius 1 is 1.24 bits per heavy atom. The second-order valence-corrected chi connectivity index (χ2v) is 8.59. The van der Waals surface area contributed by atoms with Crippen LogP contribution < -0.4 is 10.6 Å². The molecule has 180 valence electrons. The van der Waals surface area contributed by atoms with Crippen molar-refractivity contribution in [3.05, 3.63) is 65.9 Å². The van der Waals surface area contributed by atoms with Crippen LogP contribution in [0, 0.1) is 12.8 Å². The van der Waals surface area contributed by atoms with Gasteiger partial charge >= 0.3 is 6.18 Å². The second kappa shape index (κ2) is 9.92. The third-order valence-corrected chi connectivity index (χ3v) is 6.21. The lowest BCUT2D eigenvalue weighted by atomic mass is 10.0. The number of halogens is 3. The predicted molar refractivity (Wildman–Crippen MR) is 122 cm³/mol. The molecule has 2 aromatic heterocycles. The van der Waals surface area contributed by atoms with Crippen LogP contribution in [0.2, 0.25) is 0 Å². The summed E-state index contributed by atoms with van der Waals surface area (Å²) in [5.41, 5.74) is 0.886. The normalized spacial score (nSPS) is 22.6. The molecule has 0 spiro atoms. The number of aromatic nitrogens is 3. The first-order valence-electron chi connectivity index (χ1n) is 11.2. The molecular formula is C24H27F3N6O. The summed E-state index contributed by atoms with van der Waals surface area (Å²) in [7, 11) is 1.43. The number of alkyl halides is 3. The average molecular weight is 473 g/mol. The topological polar surface area (TPSA) is 83.0 Å². The van der Waals surface area contributed by atoms with Crippen molar-refractivity contribution in [2.75, 3.05) is 20.1 Å². The van der Waals surface area contributed by atoms with Crippen molar-refractivity contribution in [3.8, 4) is 11.4 Å². The van der Waals surface area contributed by atoms with E-state index in [9.17, 15) is 18.0 Å². The molecule has 0 aromatic carbocycles. The summed E-state index contributed by atoms with van der Waals surface area (Å²) in [6.45, 7) is 2.75. The van der Waals surface area contributed by atoms with Crippen LogP contribution >= 0.6 is 0 Å². The molecule has 1 saturated carbocycles. The van der Waals surface area contributed by atoms with Crippen LogP contribution in [0.5, 0.6) is 0 Å². The number of likely N-dealkylation sites (tertiary alicyclic amines) is 1. The van der Waals surface area contributed by atoms with Gasteiger partial charge in [0, 0.05) is 56.5 Å². The Morgan fingerprint density at radius 2 is 2.00 bits per heavy atom. The third kappa shape index (κ3) is 5.11. The van der Waals surface area contributed by atoms with Gasteiger partial charge in [0.15, 0.2) is 5.82 Å². The predicted octanol–water partition coefficient (Wildman–Crippen LogP) is 3.26. The molecule has 7 nitrogen and oxygen atoms in total. The highest BCUT2D eigenvalue weighted by molar-refractivity contribution is 5.98. The van der Waals surface area contributed by atoms with Crippen molar-refractivity contribution in [2.24, 2.45) is 5.92 Å². The van der Waals surface area contributed by atoms with Crippen LogP contribution in [0.3, 0.4) is 0 Å². The van der Waals surface area contributed by atoms with E-state index in [4.69, 9.17) is 0 Å². The van der Waals surface area contributed by atoms with E-state index in [1.54, 1.807) is 18.5 Å². The van der Waals surface area contributed by atoms with Crippen molar-refractivity contribution in [3.63, 3.8) is 0 Å². The highest BCUT2D eigenvalue weighted by Crippen LogP contribution is 2.39. The Morgan fingerprint density at radius 3 is 2.68 bits per heavy atom. The van der Waals surface area contributed by atoms with Gasteiger partial charge in [-0.1, -0.05) is 12.2 Å². The lowest BCUT2D eigenvalue weighted by Gasteiger charge is -2.33. The number of hydrogen-bond acceptors (Lipinski definition) is 6. The van der Waals surface area contributed by atoms with E-state index >= 15 is 0 Å². The minimum absolute atomic E-state index is 0.0104. The van der Waals surface area contributed by atoms with E-state index in [2.05, 4.69) is 25.6 Å². The molecule has 2 N–H and O–H groups in total. The molecule has 2 bridgehead atoms. The maximum atomic E-state index is 13.6. The van der Waals surface area contributed by atoms with E-state index in [0.29, 0.717) is 29.5 Å². The van der Waals surface area contributed by atoms with Crippen molar-refractivity contribution in [1.29, 1.82) is 0 Å². The summed E-state index contributed by atoms with van der Waals surface area (Å²) in [6, 6.07) is 5.33. The Balaban J connectivity index is 1.46. The van der Waals surface area contributed by atoms with E-state index < -0.39 is 11.7 Å². The van der Waals surface area contributed by atoms with Gasteiger partial charge in [0.25, 0.3) is 5.91 Å². The second-order valence-electron chi connectivity index (χ2n) is 8.59. The average Bonchev–Trinajstić information content (AvgIpc) is 3.41. The largest absolute Gasteiger partial charge is 0.417 e. The number of piperidine rings is 1. The van der Waals surface area contributed by atoms with Crippen LogP contribution in [-0.4, -0.2) is 64.2 Å². The molecule has 1 aliphatic carbocycles. The van der Waals surface area contributed by atoms with Gasteiger partial charge in [-0.3, -0.25) is 4.79 Å². The van der Waals surface area contributed by atoms with Crippen LogP contribution in [0.4, 0.5) is 13.2 Å². The zero-order chi connectivity index (χ0) is 24.3. The monoisotopic (exact) mass is 472 g/mol. The molecule has 2 fully saturated rings. The van der Waals surface area contributed by atoms with E-state index in [0.717, 1.165) is 30.8 Å². The minimum atomic E-state index is -4.42. The summed E-state index contributed by atoms with van der Waals surface area (Å²) in [5.74, 6) is 0.626. The first-order valence-corrected chi connectivity index (χ1v) is 11.2. The summed E-state index contributed by atoms with van der Waals surface area (Å²) in [6.07, 6.45) is 4.02. The molecule has 0 radical (unpaired) electrons. The maximum Gasteiger partial charge on any atom is 0.417 e. The number of rotatable bonds is 7. The third-order valence-electron chi connectivity index (χ3n) is 6.21. The van der Waals surface area contributed by atoms with Crippen molar-refractivity contribution < 1.29 is 18.0 Å². The van der Waals surface area contributed by atoms with Gasteiger partial charge < -0.3 is 15.5 Å². The fraction of sp³-hybridized carbons (Fsp3) is 0.417. The Labute approximate surface area is 196 Å². The molecule has 1 amide bonds. The summed E-state index contributed by atoms with van der Waals surface area (Å²) in [4.78, 5) is 28.5. The SMILES string of the molecule is CN/C=C(\C=C/CNC1CC2CC1N(C(=O)c1nc(C)ccc1-c1ncccn1)C2)C(F)(F)F. The van der Waals surface area contributed by atoms with Gasteiger partial charge in [-0.15, -0.1) is 0 Å². The number of aryl methyl sites for hydroxylation is 1. The highest BCUT2D eigenvalue weighted by atomic mass is 19.4. The van der Waals surface area contributed by atoms with Crippen molar-refractivity contribution in [2.45, 2.75) is 38.0 Å². The number of fused-ring (bicyclic) bond motifs is 2. The molecule has 3 unspecified atom stereocenters. The maximum absolute atomic E-state index is 13.6.